The number of nitrogens with zero attached hydrogens (tertiary/aromatic N) is 1. The van der Waals surface area contributed by atoms with Crippen molar-refractivity contribution < 1.29 is 8.76 Å². The van der Waals surface area contributed by atoms with Crippen molar-refractivity contribution >= 4 is 11.1 Å². The monoisotopic (exact) mass is 216 g/mol. The highest BCUT2D eigenvalue weighted by Crippen LogP contribution is 2.26. The lowest BCUT2D eigenvalue weighted by atomic mass is 10.0. The van der Waals surface area contributed by atoms with E-state index in [1.807, 2.05) is 0 Å². The van der Waals surface area contributed by atoms with Gasteiger partial charge in [-0.05, 0) is 23.9 Å². The van der Waals surface area contributed by atoms with Gasteiger partial charge >= 0.3 is 0 Å². The molecule has 1 atom stereocenters. The summed E-state index contributed by atoms with van der Waals surface area (Å²) >= 11 is -1.84. The molecule has 0 radical (unpaired) electrons. The Balaban J connectivity index is 1.77. The van der Waals surface area contributed by atoms with E-state index in [-0.39, 0.29) is 5.25 Å². The van der Waals surface area contributed by atoms with E-state index in [1.165, 1.54) is 38.5 Å². The molecule has 1 unspecified atom stereocenters. The summed E-state index contributed by atoms with van der Waals surface area (Å²) in [5.41, 5.74) is 0. The standard InChI is InChI=1S/C10H19NO2S/c12-14(13)10-7-11(8-10)9-5-3-1-2-4-6-9/h9-10H,1-8H2,(H,12,13)/p-1. The molecular formula is C10H18NO2S-. The normalized spacial score (nSPS) is 29.5. The fourth-order valence-electron chi connectivity index (χ4n) is 2.51. The van der Waals surface area contributed by atoms with Gasteiger partial charge in [0, 0.05) is 24.4 Å². The van der Waals surface area contributed by atoms with Crippen molar-refractivity contribution in [3.8, 4) is 0 Å². The Morgan fingerprint density at radius 1 is 1.07 bits per heavy atom. The number of hydrogen-bond acceptors (Lipinski definition) is 3. The highest BCUT2D eigenvalue weighted by atomic mass is 32.2. The zero-order valence-electron chi connectivity index (χ0n) is 8.48. The van der Waals surface area contributed by atoms with Crippen LogP contribution in [0.25, 0.3) is 0 Å². The molecule has 0 bridgehead atoms. The zero-order valence-corrected chi connectivity index (χ0v) is 9.30. The number of rotatable bonds is 2. The van der Waals surface area contributed by atoms with Crippen LogP contribution < -0.4 is 0 Å². The van der Waals surface area contributed by atoms with Crippen LogP contribution in [0.2, 0.25) is 0 Å². The molecule has 0 amide bonds. The van der Waals surface area contributed by atoms with Gasteiger partial charge in [0.2, 0.25) is 0 Å². The van der Waals surface area contributed by atoms with Gasteiger partial charge in [0.1, 0.15) is 0 Å². The summed E-state index contributed by atoms with van der Waals surface area (Å²) in [6.07, 6.45) is 7.93. The second-order valence-electron chi connectivity index (χ2n) is 4.48. The molecule has 82 valence electrons. The second-order valence-corrected chi connectivity index (χ2v) is 5.67. The first-order valence-corrected chi connectivity index (χ1v) is 6.73. The van der Waals surface area contributed by atoms with Gasteiger partial charge in [-0.1, -0.05) is 25.7 Å². The molecule has 2 aliphatic rings. The van der Waals surface area contributed by atoms with E-state index in [1.54, 1.807) is 0 Å². The van der Waals surface area contributed by atoms with E-state index in [0.29, 0.717) is 6.04 Å². The van der Waals surface area contributed by atoms with Crippen LogP contribution >= 0.6 is 0 Å². The third kappa shape index (κ3) is 2.35. The second kappa shape index (κ2) is 4.73. The summed E-state index contributed by atoms with van der Waals surface area (Å²) in [7, 11) is 0. The molecule has 0 aromatic heterocycles. The Morgan fingerprint density at radius 3 is 2.14 bits per heavy atom. The Kier molecular flexibility index (Phi) is 3.57. The maximum absolute atomic E-state index is 10.7. The molecular weight excluding hydrogens is 198 g/mol. The van der Waals surface area contributed by atoms with Crippen LogP contribution in [0.15, 0.2) is 0 Å². The third-order valence-electron chi connectivity index (χ3n) is 3.49. The summed E-state index contributed by atoms with van der Waals surface area (Å²) in [5.74, 6) is 0. The molecule has 0 aromatic carbocycles. The lowest BCUT2D eigenvalue weighted by Gasteiger charge is -2.45. The zero-order chi connectivity index (χ0) is 9.97. The highest BCUT2D eigenvalue weighted by molar-refractivity contribution is 7.79. The smallest absolute Gasteiger partial charge is 0.0470 e. The molecule has 1 aliphatic carbocycles. The van der Waals surface area contributed by atoms with E-state index in [9.17, 15) is 8.76 Å². The fraction of sp³-hybridized carbons (Fsp3) is 1.00. The lowest BCUT2D eigenvalue weighted by molar-refractivity contribution is 0.109. The molecule has 2 fully saturated rings. The molecule has 2 rings (SSSR count). The molecule has 1 heterocycles. The molecule has 0 aromatic rings. The fourth-order valence-corrected chi connectivity index (χ4v) is 3.14. The number of hydrogen-bond donors (Lipinski definition) is 0. The molecule has 0 spiro atoms. The van der Waals surface area contributed by atoms with Crippen molar-refractivity contribution in [2.45, 2.75) is 49.8 Å². The molecule has 4 heteroatoms. The number of likely N-dealkylation sites (tertiary alicyclic amines) is 1. The molecule has 3 nitrogen and oxygen atoms in total. The van der Waals surface area contributed by atoms with Gasteiger partial charge in [0.05, 0.1) is 0 Å². The summed E-state index contributed by atoms with van der Waals surface area (Å²) in [4.78, 5) is 2.35. The van der Waals surface area contributed by atoms with Gasteiger partial charge in [-0.3, -0.25) is 9.11 Å². The summed E-state index contributed by atoms with van der Waals surface area (Å²) in [6, 6.07) is 0.678. The average Bonchev–Trinajstić information content (AvgIpc) is 2.29. The van der Waals surface area contributed by atoms with E-state index >= 15 is 0 Å². The quantitative estimate of drug-likeness (QED) is 0.516. The van der Waals surface area contributed by atoms with Crippen molar-refractivity contribution in [1.82, 2.24) is 4.90 Å². The van der Waals surface area contributed by atoms with Crippen molar-refractivity contribution in [1.29, 1.82) is 0 Å². The van der Waals surface area contributed by atoms with Gasteiger partial charge < -0.3 is 4.55 Å². The molecule has 1 saturated heterocycles. The van der Waals surface area contributed by atoms with Gasteiger partial charge in [0.15, 0.2) is 0 Å². The van der Waals surface area contributed by atoms with E-state index in [2.05, 4.69) is 4.90 Å². The van der Waals surface area contributed by atoms with Crippen molar-refractivity contribution in [2.75, 3.05) is 13.1 Å². The molecule has 14 heavy (non-hydrogen) atoms. The van der Waals surface area contributed by atoms with E-state index < -0.39 is 11.1 Å². The van der Waals surface area contributed by atoms with Crippen LogP contribution in [0, 0.1) is 0 Å². The van der Waals surface area contributed by atoms with Crippen LogP contribution in [0.1, 0.15) is 38.5 Å². The Labute approximate surface area is 88.1 Å². The molecule has 1 saturated carbocycles. The Morgan fingerprint density at radius 2 is 1.64 bits per heavy atom. The average molecular weight is 216 g/mol. The highest BCUT2D eigenvalue weighted by Gasteiger charge is 2.32. The first-order chi connectivity index (χ1) is 6.77. The third-order valence-corrected chi connectivity index (χ3v) is 4.33. The largest absolute Gasteiger partial charge is 0.772 e. The minimum Gasteiger partial charge on any atom is -0.772 e. The van der Waals surface area contributed by atoms with E-state index in [4.69, 9.17) is 0 Å². The molecule has 0 N–H and O–H groups in total. The SMILES string of the molecule is O=S([O-])C1CN(C2CCCCCC2)C1. The molecule has 1 aliphatic heterocycles. The minimum absolute atomic E-state index is 0.0850. The topological polar surface area (TPSA) is 43.4 Å². The first-order valence-electron chi connectivity index (χ1n) is 5.59. The van der Waals surface area contributed by atoms with Crippen LogP contribution in [0.3, 0.4) is 0 Å². The van der Waals surface area contributed by atoms with Gasteiger partial charge in [-0.2, -0.15) is 0 Å². The van der Waals surface area contributed by atoms with Crippen LogP contribution in [-0.4, -0.2) is 38.0 Å². The van der Waals surface area contributed by atoms with Gasteiger partial charge in [-0.15, -0.1) is 0 Å². The summed E-state index contributed by atoms with van der Waals surface area (Å²) < 4.78 is 21.3. The predicted octanol–water partition coefficient (Wildman–Crippen LogP) is 1.27. The Bertz CT molecular complexity index is 208. The predicted molar refractivity (Wildman–Crippen MR) is 55.8 cm³/mol. The summed E-state index contributed by atoms with van der Waals surface area (Å²) in [5, 5.41) is -0.0850. The minimum atomic E-state index is -1.84. The lowest BCUT2D eigenvalue weighted by Crippen LogP contribution is -2.56. The maximum atomic E-state index is 10.7. The van der Waals surface area contributed by atoms with Crippen molar-refractivity contribution in [3.05, 3.63) is 0 Å². The van der Waals surface area contributed by atoms with Gasteiger partial charge in [-0.25, -0.2) is 0 Å². The van der Waals surface area contributed by atoms with Crippen LogP contribution in [-0.2, 0) is 11.1 Å². The van der Waals surface area contributed by atoms with Crippen molar-refractivity contribution in [2.24, 2.45) is 0 Å². The van der Waals surface area contributed by atoms with Crippen LogP contribution in [0.4, 0.5) is 0 Å². The van der Waals surface area contributed by atoms with Crippen molar-refractivity contribution in [3.63, 3.8) is 0 Å². The first kappa shape index (κ1) is 10.6. The van der Waals surface area contributed by atoms with E-state index in [0.717, 1.165) is 13.1 Å². The summed E-state index contributed by atoms with van der Waals surface area (Å²) in [6.45, 7) is 1.56. The van der Waals surface area contributed by atoms with Gasteiger partial charge in [0.25, 0.3) is 0 Å². The maximum Gasteiger partial charge on any atom is 0.0470 e. The van der Waals surface area contributed by atoms with Crippen LogP contribution in [0.5, 0.6) is 0 Å². The Hall–Kier alpha value is 0.0700.